The molecule has 0 saturated carbocycles. The van der Waals surface area contributed by atoms with Crippen LogP contribution in [0.4, 0.5) is 10.8 Å². The van der Waals surface area contributed by atoms with Crippen LogP contribution in [0.1, 0.15) is 41.3 Å². The summed E-state index contributed by atoms with van der Waals surface area (Å²) in [5.41, 5.74) is 3.51. The third-order valence-electron chi connectivity index (χ3n) is 5.60. The fraction of sp³-hybridized carbons (Fsp3) is 0.348. The van der Waals surface area contributed by atoms with Crippen molar-refractivity contribution in [3.05, 3.63) is 65.2 Å². The first-order chi connectivity index (χ1) is 15.8. The summed E-state index contributed by atoms with van der Waals surface area (Å²) < 4.78 is 27.6. The summed E-state index contributed by atoms with van der Waals surface area (Å²) in [4.78, 5) is 14.7. The first-order valence-electron chi connectivity index (χ1n) is 10.9. The summed E-state index contributed by atoms with van der Waals surface area (Å²) in [6.45, 7) is 6.44. The lowest BCUT2D eigenvalue weighted by Crippen LogP contribution is -2.34. The number of anilines is 2. The zero-order chi connectivity index (χ0) is 23.4. The lowest BCUT2D eigenvalue weighted by molar-refractivity contribution is 0.102. The van der Waals surface area contributed by atoms with E-state index < -0.39 is 10.0 Å². The van der Waals surface area contributed by atoms with E-state index >= 15 is 0 Å². The van der Waals surface area contributed by atoms with Crippen LogP contribution >= 0.6 is 11.3 Å². The first-order valence-corrected chi connectivity index (χ1v) is 13.2. The van der Waals surface area contributed by atoms with Crippen molar-refractivity contribution < 1.29 is 13.2 Å². The van der Waals surface area contributed by atoms with Crippen LogP contribution in [-0.2, 0) is 16.6 Å². The molecule has 1 aliphatic heterocycles. The fourth-order valence-electron chi connectivity index (χ4n) is 3.73. The van der Waals surface area contributed by atoms with E-state index in [-0.39, 0.29) is 21.9 Å². The highest BCUT2D eigenvalue weighted by atomic mass is 32.2. The molecule has 1 aliphatic rings. The Balaban J connectivity index is 1.35. The molecular formula is C23H27N5O3S2. The molecule has 1 fully saturated rings. The third-order valence-corrected chi connectivity index (χ3v) is 8.20. The van der Waals surface area contributed by atoms with Gasteiger partial charge in [0.25, 0.3) is 15.9 Å². The Hall–Kier alpha value is -2.82. The number of sulfonamides is 1. The topological polar surface area (TPSA) is 104 Å². The van der Waals surface area contributed by atoms with E-state index in [0.29, 0.717) is 11.5 Å². The van der Waals surface area contributed by atoms with Gasteiger partial charge in [-0.3, -0.25) is 10.1 Å². The number of amides is 1. The van der Waals surface area contributed by atoms with Gasteiger partial charge in [-0.1, -0.05) is 48.1 Å². The van der Waals surface area contributed by atoms with Gasteiger partial charge >= 0.3 is 0 Å². The molecule has 33 heavy (non-hydrogen) atoms. The largest absolute Gasteiger partial charge is 0.371 e. The van der Waals surface area contributed by atoms with Crippen LogP contribution in [-0.4, -0.2) is 37.6 Å². The van der Waals surface area contributed by atoms with Crippen molar-refractivity contribution in [1.29, 1.82) is 0 Å². The zero-order valence-corrected chi connectivity index (χ0v) is 20.2. The van der Waals surface area contributed by atoms with Gasteiger partial charge in [0.05, 0.1) is 0 Å². The van der Waals surface area contributed by atoms with Crippen LogP contribution in [0.2, 0.25) is 0 Å². The second-order valence-corrected chi connectivity index (χ2v) is 11.3. The normalized spacial score (nSPS) is 16.5. The number of nitrogens with zero attached hydrogens (tertiary/aromatic N) is 3. The highest BCUT2D eigenvalue weighted by Gasteiger charge is 2.21. The predicted octanol–water partition coefficient (Wildman–Crippen LogP) is 3.81. The number of hydrogen-bond acceptors (Lipinski definition) is 7. The van der Waals surface area contributed by atoms with Gasteiger partial charge in [-0.05, 0) is 55.5 Å². The van der Waals surface area contributed by atoms with Crippen LogP contribution in [0, 0.1) is 12.8 Å². The number of benzene rings is 2. The minimum absolute atomic E-state index is 0.126. The summed E-state index contributed by atoms with van der Waals surface area (Å²) >= 11 is 0.811. The van der Waals surface area contributed by atoms with Crippen molar-refractivity contribution in [3.8, 4) is 0 Å². The summed E-state index contributed by atoms with van der Waals surface area (Å²) in [5, 5.41) is 10.3. The fourth-order valence-corrected chi connectivity index (χ4v) is 5.69. The molecule has 2 aromatic carbocycles. The van der Waals surface area contributed by atoms with E-state index in [0.717, 1.165) is 41.2 Å². The predicted molar refractivity (Wildman–Crippen MR) is 130 cm³/mol. The van der Waals surface area contributed by atoms with E-state index in [1.165, 1.54) is 12.8 Å². The summed E-state index contributed by atoms with van der Waals surface area (Å²) in [6.07, 6.45) is 2.46. The maximum Gasteiger partial charge on any atom is 0.270 e. The Labute approximate surface area is 198 Å². The number of carbonyl (C=O) groups is 1. The summed E-state index contributed by atoms with van der Waals surface area (Å²) in [7, 11) is -3.85. The summed E-state index contributed by atoms with van der Waals surface area (Å²) in [6, 6.07) is 15.0. The number of aromatic nitrogens is 2. The molecule has 4 rings (SSSR count). The number of aryl methyl sites for hydroxylation is 1. The van der Waals surface area contributed by atoms with Crippen LogP contribution in [0.15, 0.2) is 52.9 Å². The number of nitrogens with one attached hydrogen (secondary N) is 2. The lowest BCUT2D eigenvalue weighted by Gasteiger charge is -2.32. The van der Waals surface area contributed by atoms with E-state index in [1.807, 2.05) is 43.3 Å². The average Bonchev–Trinajstić information content (AvgIpc) is 3.28. The van der Waals surface area contributed by atoms with Gasteiger partial charge in [0.15, 0.2) is 0 Å². The lowest BCUT2D eigenvalue weighted by atomic mass is 9.99. The van der Waals surface area contributed by atoms with Crippen LogP contribution in [0.5, 0.6) is 0 Å². The van der Waals surface area contributed by atoms with Gasteiger partial charge in [-0.25, -0.2) is 13.1 Å². The molecule has 8 nitrogen and oxygen atoms in total. The minimum atomic E-state index is -3.85. The van der Waals surface area contributed by atoms with Crippen molar-refractivity contribution in [2.24, 2.45) is 5.92 Å². The van der Waals surface area contributed by atoms with Gasteiger partial charge < -0.3 is 4.90 Å². The van der Waals surface area contributed by atoms with Crippen LogP contribution < -0.4 is 14.9 Å². The van der Waals surface area contributed by atoms with Crippen molar-refractivity contribution in [2.75, 3.05) is 23.3 Å². The first kappa shape index (κ1) is 23.3. The minimum Gasteiger partial charge on any atom is -0.371 e. The van der Waals surface area contributed by atoms with E-state index in [4.69, 9.17) is 0 Å². The summed E-state index contributed by atoms with van der Waals surface area (Å²) in [5.74, 6) is 0.315. The number of carbonyl (C=O) groups excluding carboxylic acids is 1. The highest BCUT2D eigenvalue weighted by Crippen LogP contribution is 2.24. The number of piperidine rings is 1. The molecule has 0 unspecified atom stereocenters. The molecule has 0 aliphatic carbocycles. The molecule has 10 heteroatoms. The quantitative estimate of drug-likeness (QED) is 0.493. The van der Waals surface area contributed by atoms with Crippen molar-refractivity contribution >= 4 is 38.1 Å². The monoisotopic (exact) mass is 485 g/mol. The molecule has 1 atom stereocenters. The number of hydrogen-bond donors (Lipinski definition) is 2. The average molecular weight is 486 g/mol. The van der Waals surface area contributed by atoms with Crippen LogP contribution in [0.25, 0.3) is 0 Å². The molecule has 0 radical (unpaired) electrons. The molecule has 0 bridgehead atoms. The van der Waals surface area contributed by atoms with E-state index in [1.54, 1.807) is 12.1 Å². The SMILES string of the molecule is Cc1ccc(C(=O)Nc2nnc(S(=O)(=O)NCc3ccc(N4CCC[C@H](C)C4)cc3)s2)cc1. The van der Waals surface area contributed by atoms with Crippen molar-refractivity contribution in [2.45, 2.75) is 37.6 Å². The van der Waals surface area contributed by atoms with E-state index in [2.05, 4.69) is 32.1 Å². The Bertz CT molecular complexity index is 1210. The van der Waals surface area contributed by atoms with Gasteiger partial charge in [0, 0.05) is 30.9 Å². The maximum atomic E-state index is 12.6. The highest BCUT2D eigenvalue weighted by molar-refractivity contribution is 7.91. The molecule has 2 N–H and O–H groups in total. The maximum absolute atomic E-state index is 12.6. The van der Waals surface area contributed by atoms with Crippen molar-refractivity contribution in [1.82, 2.24) is 14.9 Å². The van der Waals surface area contributed by atoms with Gasteiger partial charge in [0.2, 0.25) is 9.47 Å². The third kappa shape index (κ3) is 5.95. The zero-order valence-electron chi connectivity index (χ0n) is 18.6. The Kier molecular flexibility index (Phi) is 7.06. The second-order valence-electron chi connectivity index (χ2n) is 8.38. The Morgan fingerprint density at radius 3 is 2.55 bits per heavy atom. The standard InChI is InChI=1S/C23H27N5O3S2/c1-16-5-9-19(10-6-16)21(29)25-22-26-27-23(32-22)33(30,31)24-14-18-7-11-20(12-8-18)28-13-3-4-17(2)15-28/h5-12,17,24H,3-4,13-15H2,1-2H3,(H,25,26,29)/t17-/m0/s1. The Morgan fingerprint density at radius 1 is 1.12 bits per heavy atom. The van der Waals surface area contributed by atoms with Gasteiger partial charge in [0.1, 0.15) is 0 Å². The molecular weight excluding hydrogens is 458 g/mol. The molecule has 0 spiro atoms. The Morgan fingerprint density at radius 2 is 1.85 bits per heavy atom. The second kappa shape index (κ2) is 9.98. The number of rotatable bonds is 7. The van der Waals surface area contributed by atoms with Crippen molar-refractivity contribution in [3.63, 3.8) is 0 Å². The van der Waals surface area contributed by atoms with Crippen LogP contribution in [0.3, 0.4) is 0 Å². The molecule has 1 aromatic heterocycles. The smallest absolute Gasteiger partial charge is 0.270 e. The molecule has 3 aromatic rings. The molecule has 1 amide bonds. The molecule has 174 valence electrons. The van der Waals surface area contributed by atoms with E-state index in [9.17, 15) is 13.2 Å². The molecule has 1 saturated heterocycles. The molecule has 2 heterocycles. The van der Waals surface area contributed by atoms with Gasteiger partial charge in [-0.15, -0.1) is 10.2 Å². The van der Waals surface area contributed by atoms with Gasteiger partial charge in [-0.2, -0.15) is 0 Å².